The van der Waals surface area contributed by atoms with Gasteiger partial charge in [-0.1, -0.05) is 40.2 Å². The fourth-order valence-electron chi connectivity index (χ4n) is 2.29. The lowest BCUT2D eigenvalue weighted by atomic mass is 10.1. The Morgan fingerprint density at radius 1 is 1.19 bits per heavy atom. The molecule has 0 saturated heterocycles. The van der Waals surface area contributed by atoms with Gasteiger partial charge in [-0.05, 0) is 29.9 Å². The normalized spacial score (nSPS) is 11.0. The number of rotatable bonds is 2. The summed E-state index contributed by atoms with van der Waals surface area (Å²) in [6, 6.07) is 13.7. The van der Waals surface area contributed by atoms with Crippen molar-refractivity contribution in [1.29, 1.82) is 0 Å². The van der Waals surface area contributed by atoms with Gasteiger partial charge in [-0.15, -0.1) is 9.24 Å². The predicted octanol–water partition coefficient (Wildman–Crippen LogP) is 3.74. The predicted molar refractivity (Wildman–Crippen MR) is 93.5 cm³/mol. The maximum Gasteiger partial charge on any atom is 0.261 e. The van der Waals surface area contributed by atoms with E-state index in [1.165, 1.54) is 5.56 Å². The zero-order valence-corrected chi connectivity index (χ0v) is 14.2. The first-order valence-corrected chi connectivity index (χ1v) is 8.17. The number of hydrogen-bond acceptors (Lipinski definition) is 2. The standard InChI is InChI=1S/C16H14BrN2OP/c1-19-15(11-4-2-10(9-21)3-5-11)18-14-8-12(17)6-7-13(14)16(19)20/h2-8H,9,21H2,1H3. The molecule has 3 aromatic rings. The van der Waals surface area contributed by atoms with Gasteiger partial charge < -0.3 is 0 Å². The van der Waals surface area contributed by atoms with Crippen LogP contribution in [0.5, 0.6) is 0 Å². The second-order valence-electron chi connectivity index (χ2n) is 4.86. The van der Waals surface area contributed by atoms with E-state index in [-0.39, 0.29) is 5.56 Å². The Labute approximate surface area is 133 Å². The van der Waals surface area contributed by atoms with E-state index in [0.29, 0.717) is 16.7 Å². The van der Waals surface area contributed by atoms with Gasteiger partial charge in [0.15, 0.2) is 0 Å². The number of hydrogen-bond donors (Lipinski definition) is 0. The number of nitrogens with zero attached hydrogens (tertiary/aromatic N) is 2. The van der Waals surface area contributed by atoms with Crippen molar-refractivity contribution in [3.8, 4) is 11.4 Å². The Morgan fingerprint density at radius 3 is 2.57 bits per heavy atom. The lowest BCUT2D eigenvalue weighted by Gasteiger charge is -2.10. The van der Waals surface area contributed by atoms with Gasteiger partial charge in [0.1, 0.15) is 5.82 Å². The zero-order chi connectivity index (χ0) is 15.0. The first-order valence-electron chi connectivity index (χ1n) is 6.56. The Kier molecular flexibility index (Phi) is 3.92. The number of halogens is 1. The minimum Gasteiger partial charge on any atom is -0.295 e. The Hall–Kier alpha value is -1.51. The third-order valence-corrected chi connectivity index (χ3v) is 4.45. The van der Waals surface area contributed by atoms with E-state index in [9.17, 15) is 4.79 Å². The van der Waals surface area contributed by atoms with Crippen LogP contribution in [0, 0.1) is 0 Å². The van der Waals surface area contributed by atoms with Crippen LogP contribution in [0.3, 0.4) is 0 Å². The molecule has 0 N–H and O–H groups in total. The van der Waals surface area contributed by atoms with E-state index in [1.54, 1.807) is 17.7 Å². The van der Waals surface area contributed by atoms with Gasteiger partial charge in [-0.3, -0.25) is 9.36 Å². The smallest absolute Gasteiger partial charge is 0.261 e. The molecule has 1 unspecified atom stereocenters. The average Bonchev–Trinajstić information content (AvgIpc) is 2.51. The van der Waals surface area contributed by atoms with E-state index in [4.69, 9.17) is 0 Å². The first-order chi connectivity index (χ1) is 10.1. The summed E-state index contributed by atoms with van der Waals surface area (Å²) in [6.07, 6.45) is 0.914. The van der Waals surface area contributed by atoms with Gasteiger partial charge in [-0.25, -0.2) is 4.98 Å². The lowest BCUT2D eigenvalue weighted by molar-refractivity contribution is 0.855. The summed E-state index contributed by atoms with van der Waals surface area (Å²) in [5.41, 5.74) is 2.85. The van der Waals surface area contributed by atoms with E-state index in [0.717, 1.165) is 16.2 Å². The zero-order valence-electron chi connectivity index (χ0n) is 11.5. The summed E-state index contributed by atoms with van der Waals surface area (Å²) in [5, 5.41) is 0.631. The highest BCUT2D eigenvalue weighted by Gasteiger charge is 2.10. The second kappa shape index (κ2) is 5.70. The van der Waals surface area contributed by atoms with Crippen LogP contribution in [0.1, 0.15) is 5.56 Å². The van der Waals surface area contributed by atoms with Crippen LogP contribution in [0.4, 0.5) is 0 Å². The summed E-state index contributed by atoms with van der Waals surface area (Å²) < 4.78 is 2.52. The van der Waals surface area contributed by atoms with Crippen LogP contribution in [0.25, 0.3) is 22.3 Å². The van der Waals surface area contributed by atoms with Gasteiger partial charge in [0.25, 0.3) is 5.56 Å². The summed E-state index contributed by atoms with van der Waals surface area (Å²) in [5.74, 6) is 0.681. The molecular weight excluding hydrogens is 347 g/mol. The van der Waals surface area contributed by atoms with Crippen molar-refractivity contribution >= 4 is 36.1 Å². The largest absolute Gasteiger partial charge is 0.295 e. The van der Waals surface area contributed by atoms with Crippen LogP contribution in [0.2, 0.25) is 0 Å². The highest BCUT2D eigenvalue weighted by molar-refractivity contribution is 9.10. The molecular formula is C16H14BrN2OP. The van der Waals surface area contributed by atoms with E-state index >= 15 is 0 Å². The van der Waals surface area contributed by atoms with E-state index in [2.05, 4.69) is 42.3 Å². The average molecular weight is 361 g/mol. The van der Waals surface area contributed by atoms with Crippen molar-refractivity contribution in [2.45, 2.75) is 6.16 Å². The molecule has 1 atom stereocenters. The first kappa shape index (κ1) is 14.4. The summed E-state index contributed by atoms with van der Waals surface area (Å²) in [6.45, 7) is 0. The number of fused-ring (bicyclic) bond motifs is 1. The van der Waals surface area contributed by atoms with Gasteiger partial charge in [0, 0.05) is 17.1 Å². The van der Waals surface area contributed by atoms with Crippen LogP contribution >= 0.6 is 25.2 Å². The molecule has 0 aliphatic carbocycles. The summed E-state index contributed by atoms with van der Waals surface area (Å²) in [4.78, 5) is 17.1. The third kappa shape index (κ3) is 2.66. The van der Waals surface area contributed by atoms with Crippen LogP contribution < -0.4 is 5.56 Å². The van der Waals surface area contributed by atoms with Crippen molar-refractivity contribution in [1.82, 2.24) is 9.55 Å². The molecule has 0 aliphatic rings. The topological polar surface area (TPSA) is 34.9 Å². The van der Waals surface area contributed by atoms with Gasteiger partial charge >= 0.3 is 0 Å². The molecule has 106 valence electrons. The molecule has 1 aromatic heterocycles. The number of aromatic nitrogens is 2. The molecule has 0 amide bonds. The Morgan fingerprint density at radius 2 is 1.90 bits per heavy atom. The summed E-state index contributed by atoms with van der Waals surface area (Å²) in [7, 11) is 4.46. The second-order valence-corrected chi connectivity index (χ2v) is 6.19. The van der Waals surface area contributed by atoms with Gasteiger partial charge in [0.2, 0.25) is 0 Å². The molecule has 1 heterocycles. The molecule has 0 bridgehead atoms. The van der Waals surface area contributed by atoms with Crippen LogP contribution in [0.15, 0.2) is 51.7 Å². The van der Waals surface area contributed by atoms with E-state index in [1.807, 2.05) is 24.3 Å². The fourth-order valence-corrected chi connectivity index (χ4v) is 2.91. The molecule has 0 fully saturated rings. The fraction of sp³-hybridized carbons (Fsp3) is 0.125. The highest BCUT2D eigenvalue weighted by Crippen LogP contribution is 2.21. The highest BCUT2D eigenvalue weighted by atomic mass is 79.9. The molecule has 0 spiro atoms. The van der Waals surface area contributed by atoms with Crippen molar-refractivity contribution in [2.75, 3.05) is 0 Å². The summed E-state index contributed by atoms with van der Waals surface area (Å²) >= 11 is 3.42. The van der Waals surface area contributed by atoms with Crippen molar-refractivity contribution in [3.63, 3.8) is 0 Å². The molecule has 3 rings (SSSR count). The van der Waals surface area contributed by atoms with Crippen molar-refractivity contribution in [3.05, 3.63) is 62.9 Å². The lowest BCUT2D eigenvalue weighted by Crippen LogP contribution is -2.20. The van der Waals surface area contributed by atoms with Crippen molar-refractivity contribution in [2.24, 2.45) is 7.05 Å². The molecule has 3 nitrogen and oxygen atoms in total. The molecule has 0 aliphatic heterocycles. The molecule has 0 radical (unpaired) electrons. The van der Waals surface area contributed by atoms with Crippen LogP contribution in [-0.4, -0.2) is 9.55 Å². The number of benzene rings is 2. The molecule has 5 heteroatoms. The van der Waals surface area contributed by atoms with Gasteiger partial charge in [-0.2, -0.15) is 0 Å². The maximum absolute atomic E-state index is 12.5. The van der Waals surface area contributed by atoms with Gasteiger partial charge in [0.05, 0.1) is 10.9 Å². The molecule has 0 saturated carbocycles. The minimum atomic E-state index is -0.0300. The van der Waals surface area contributed by atoms with Crippen molar-refractivity contribution < 1.29 is 0 Å². The maximum atomic E-state index is 12.5. The Balaban J connectivity index is 2.26. The minimum absolute atomic E-state index is 0.0300. The third-order valence-electron chi connectivity index (χ3n) is 3.49. The molecule has 2 aromatic carbocycles. The Bertz CT molecular complexity index is 872. The van der Waals surface area contributed by atoms with E-state index < -0.39 is 0 Å². The SMILES string of the molecule is Cn1c(-c2ccc(CP)cc2)nc2cc(Br)ccc2c1=O. The quantitative estimate of drug-likeness (QED) is 0.652. The van der Waals surface area contributed by atoms with Crippen LogP contribution in [-0.2, 0) is 13.2 Å². The monoisotopic (exact) mass is 360 g/mol. The molecule has 21 heavy (non-hydrogen) atoms.